The zero-order chi connectivity index (χ0) is 14.5. The molecule has 1 rings (SSSR count). The van der Waals surface area contributed by atoms with Crippen LogP contribution in [-0.2, 0) is 4.74 Å². The molecule has 1 N–H and O–H groups in total. The molecule has 0 aliphatic carbocycles. The van der Waals surface area contributed by atoms with Crippen LogP contribution in [0, 0.1) is 6.92 Å². The number of methoxy groups -OCH3 is 1. The Morgan fingerprint density at radius 1 is 1.32 bits per heavy atom. The second kappa shape index (κ2) is 7.27. The lowest BCUT2D eigenvalue weighted by Crippen LogP contribution is -2.44. The van der Waals surface area contributed by atoms with Crippen LogP contribution >= 0.6 is 15.9 Å². The molecule has 0 saturated carbocycles. The Balaban J connectivity index is 2.69. The largest absolute Gasteiger partial charge is 0.486 e. The zero-order valence-electron chi connectivity index (χ0n) is 12.4. The van der Waals surface area contributed by atoms with Crippen molar-refractivity contribution >= 4 is 15.9 Å². The Kier molecular flexibility index (Phi) is 6.30. The summed E-state index contributed by atoms with van der Waals surface area (Å²) in [6.45, 7) is 9.78. The summed E-state index contributed by atoms with van der Waals surface area (Å²) < 4.78 is 12.3. The third-order valence-electron chi connectivity index (χ3n) is 2.66. The lowest BCUT2D eigenvalue weighted by Gasteiger charge is -2.26. The van der Waals surface area contributed by atoms with Gasteiger partial charge in [-0.25, -0.2) is 0 Å². The molecule has 0 saturated heterocycles. The Morgan fingerprint density at radius 2 is 2.00 bits per heavy atom. The van der Waals surface area contributed by atoms with E-state index in [9.17, 15) is 0 Å². The summed E-state index contributed by atoms with van der Waals surface area (Å²) in [5.41, 5.74) is 1.20. The highest BCUT2D eigenvalue weighted by molar-refractivity contribution is 9.10. The summed E-state index contributed by atoms with van der Waals surface area (Å²) in [7, 11) is 1.70. The van der Waals surface area contributed by atoms with Gasteiger partial charge in [-0.3, -0.25) is 0 Å². The standard InChI is InChI=1S/C15H24BrNO2/c1-11-6-7-12(16)8-14(11)19-13(10-18-5)9-17-15(2,3)4/h6-8,13,17H,9-10H2,1-5H3. The molecule has 0 bridgehead atoms. The summed E-state index contributed by atoms with van der Waals surface area (Å²) in [6.07, 6.45) is -0.00257. The zero-order valence-corrected chi connectivity index (χ0v) is 14.0. The third kappa shape index (κ3) is 6.41. The Bertz CT molecular complexity index is 402. The summed E-state index contributed by atoms with van der Waals surface area (Å²) in [6, 6.07) is 6.05. The molecular weight excluding hydrogens is 306 g/mol. The van der Waals surface area contributed by atoms with E-state index in [-0.39, 0.29) is 11.6 Å². The first-order valence-electron chi connectivity index (χ1n) is 6.48. The van der Waals surface area contributed by atoms with Gasteiger partial charge in [-0.15, -0.1) is 0 Å². The molecule has 3 nitrogen and oxygen atoms in total. The molecular formula is C15H24BrNO2. The molecule has 19 heavy (non-hydrogen) atoms. The van der Waals surface area contributed by atoms with Crippen molar-refractivity contribution in [1.29, 1.82) is 0 Å². The van der Waals surface area contributed by atoms with Gasteiger partial charge in [-0.05, 0) is 45.4 Å². The van der Waals surface area contributed by atoms with Crippen LogP contribution in [0.1, 0.15) is 26.3 Å². The Morgan fingerprint density at radius 3 is 2.58 bits per heavy atom. The highest BCUT2D eigenvalue weighted by Crippen LogP contribution is 2.24. The summed E-state index contributed by atoms with van der Waals surface area (Å²) in [4.78, 5) is 0. The lowest BCUT2D eigenvalue weighted by molar-refractivity contribution is 0.0760. The molecule has 0 radical (unpaired) electrons. The average molecular weight is 330 g/mol. The number of hydrogen-bond acceptors (Lipinski definition) is 3. The molecule has 0 aliphatic rings. The maximum Gasteiger partial charge on any atom is 0.134 e. The SMILES string of the molecule is COCC(CNC(C)(C)C)Oc1cc(Br)ccc1C. The number of halogens is 1. The van der Waals surface area contributed by atoms with Crippen LogP contribution in [0.15, 0.2) is 22.7 Å². The van der Waals surface area contributed by atoms with E-state index in [0.717, 1.165) is 22.3 Å². The van der Waals surface area contributed by atoms with Crippen LogP contribution in [-0.4, -0.2) is 31.9 Å². The molecule has 0 amide bonds. The van der Waals surface area contributed by atoms with Gasteiger partial charge in [-0.1, -0.05) is 22.0 Å². The number of nitrogens with one attached hydrogen (secondary N) is 1. The molecule has 108 valence electrons. The van der Waals surface area contributed by atoms with E-state index in [4.69, 9.17) is 9.47 Å². The molecule has 1 atom stereocenters. The molecule has 0 aromatic heterocycles. The van der Waals surface area contributed by atoms with Crippen molar-refractivity contribution in [2.24, 2.45) is 0 Å². The van der Waals surface area contributed by atoms with E-state index in [1.165, 1.54) is 0 Å². The summed E-state index contributed by atoms with van der Waals surface area (Å²) >= 11 is 3.47. The molecule has 1 unspecified atom stereocenters. The second-order valence-corrected chi connectivity index (χ2v) is 6.65. The molecule has 1 aromatic carbocycles. The van der Waals surface area contributed by atoms with Crippen molar-refractivity contribution in [1.82, 2.24) is 5.32 Å². The van der Waals surface area contributed by atoms with Crippen molar-refractivity contribution < 1.29 is 9.47 Å². The fourth-order valence-electron chi connectivity index (χ4n) is 1.62. The van der Waals surface area contributed by atoms with Crippen LogP contribution in [0.25, 0.3) is 0 Å². The molecule has 0 fully saturated rings. The van der Waals surface area contributed by atoms with Crippen LogP contribution < -0.4 is 10.1 Å². The Labute approximate surface area is 124 Å². The summed E-state index contributed by atoms with van der Waals surface area (Å²) in [5.74, 6) is 0.895. The van der Waals surface area contributed by atoms with Crippen molar-refractivity contribution in [3.8, 4) is 5.75 Å². The average Bonchev–Trinajstić information content (AvgIpc) is 2.30. The summed E-state index contributed by atoms with van der Waals surface area (Å²) in [5, 5.41) is 3.44. The van der Waals surface area contributed by atoms with Crippen molar-refractivity contribution in [3.63, 3.8) is 0 Å². The van der Waals surface area contributed by atoms with Crippen LogP contribution in [0.5, 0.6) is 5.75 Å². The van der Waals surface area contributed by atoms with Gasteiger partial charge in [0, 0.05) is 23.7 Å². The Hall–Kier alpha value is -0.580. The predicted molar refractivity (Wildman–Crippen MR) is 82.9 cm³/mol. The van der Waals surface area contributed by atoms with Gasteiger partial charge in [0.05, 0.1) is 6.61 Å². The number of aryl methyl sites for hydroxylation is 1. The van der Waals surface area contributed by atoms with Crippen LogP contribution in [0.3, 0.4) is 0 Å². The topological polar surface area (TPSA) is 30.5 Å². The maximum absolute atomic E-state index is 6.04. The van der Waals surface area contributed by atoms with Crippen LogP contribution in [0.2, 0.25) is 0 Å². The second-order valence-electron chi connectivity index (χ2n) is 5.74. The van der Waals surface area contributed by atoms with Gasteiger partial charge < -0.3 is 14.8 Å². The molecule has 0 aliphatic heterocycles. The minimum atomic E-state index is -0.00257. The van der Waals surface area contributed by atoms with E-state index in [0.29, 0.717) is 6.61 Å². The molecule has 0 spiro atoms. The first-order chi connectivity index (χ1) is 8.81. The highest BCUT2D eigenvalue weighted by atomic mass is 79.9. The minimum absolute atomic E-state index is 0.00257. The molecule has 4 heteroatoms. The van der Waals surface area contributed by atoms with Gasteiger partial charge in [0.2, 0.25) is 0 Å². The first-order valence-corrected chi connectivity index (χ1v) is 7.28. The van der Waals surface area contributed by atoms with E-state index >= 15 is 0 Å². The van der Waals surface area contributed by atoms with Crippen molar-refractivity contribution in [3.05, 3.63) is 28.2 Å². The number of rotatable bonds is 6. The van der Waals surface area contributed by atoms with Gasteiger partial charge in [0.25, 0.3) is 0 Å². The number of hydrogen-bond donors (Lipinski definition) is 1. The fourth-order valence-corrected chi connectivity index (χ4v) is 1.96. The highest BCUT2D eigenvalue weighted by Gasteiger charge is 2.16. The lowest BCUT2D eigenvalue weighted by atomic mass is 10.1. The van der Waals surface area contributed by atoms with Crippen molar-refractivity contribution in [2.75, 3.05) is 20.3 Å². The van der Waals surface area contributed by atoms with Gasteiger partial charge in [0.15, 0.2) is 0 Å². The smallest absolute Gasteiger partial charge is 0.134 e. The maximum atomic E-state index is 6.04. The van der Waals surface area contributed by atoms with Crippen LogP contribution in [0.4, 0.5) is 0 Å². The minimum Gasteiger partial charge on any atom is -0.486 e. The fraction of sp³-hybridized carbons (Fsp3) is 0.600. The van der Waals surface area contributed by atoms with E-state index in [1.807, 2.05) is 25.1 Å². The molecule has 0 heterocycles. The third-order valence-corrected chi connectivity index (χ3v) is 3.15. The van der Waals surface area contributed by atoms with E-state index in [1.54, 1.807) is 7.11 Å². The predicted octanol–water partition coefficient (Wildman–Crippen LogP) is 3.54. The number of benzene rings is 1. The van der Waals surface area contributed by atoms with Gasteiger partial charge in [-0.2, -0.15) is 0 Å². The monoisotopic (exact) mass is 329 g/mol. The number of ether oxygens (including phenoxy) is 2. The van der Waals surface area contributed by atoms with Crippen molar-refractivity contribution in [2.45, 2.75) is 39.3 Å². The first kappa shape index (κ1) is 16.5. The molecule has 1 aromatic rings. The normalized spacial score (nSPS) is 13.4. The quantitative estimate of drug-likeness (QED) is 0.865. The van der Waals surface area contributed by atoms with Gasteiger partial charge >= 0.3 is 0 Å². The van der Waals surface area contributed by atoms with E-state index < -0.39 is 0 Å². The van der Waals surface area contributed by atoms with E-state index in [2.05, 4.69) is 42.0 Å². The van der Waals surface area contributed by atoms with Gasteiger partial charge in [0.1, 0.15) is 11.9 Å².